The molecule has 4 aromatic rings. The number of nitrogens with zero attached hydrogens (tertiary/aromatic N) is 3. The fourth-order valence-corrected chi connectivity index (χ4v) is 3.47. The van der Waals surface area contributed by atoms with Gasteiger partial charge in [-0.1, -0.05) is 35.0 Å². The summed E-state index contributed by atoms with van der Waals surface area (Å²) in [6.07, 6.45) is 1.79. The fourth-order valence-electron chi connectivity index (χ4n) is 3.28. The molecule has 2 aromatic carbocycles. The second-order valence-corrected chi connectivity index (χ2v) is 7.36. The van der Waals surface area contributed by atoms with Crippen LogP contribution >= 0.6 is 11.6 Å². The lowest BCUT2D eigenvalue weighted by Crippen LogP contribution is -2.27. The molecule has 1 N–H and O–H groups in total. The molecule has 8 nitrogen and oxygen atoms in total. The lowest BCUT2D eigenvalue weighted by Gasteiger charge is -2.08. The summed E-state index contributed by atoms with van der Waals surface area (Å²) in [5, 5.41) is 7.52. The third kappa shape index (κ3) is 4.10. The van der Waals surface area contributed by atoms with Crippen LogP contribution in [0.5, 0.6) is 11.5 Å². The highest BCUT2D eigenvalue weighted by Gasteiger charge is 2.16. The molecule has 0 atom stereocenters. The Hall–Kier alpha value is -3.78. The molecule has 1 aliphatic rings. The van der Waals surface area contributed by atoms with Gasteiger partial charge in [0, 0.05) is 23.3 Å². The topological polar surface area (TPSA) is 91.4 Å². The highest BCUT2D eigenvalue weighted by molar-refractivity contribution is 6.30. The van der Waals surface area contributed by atoms with E-state index in [1.165, 1.54) is 0 Å². The van der Waals surface area contributed by atoms with Crippen LogP contribution in [0.3, 0.4) is 0 Å². The van der Waals surface area contributed by atoms with Crippen LogP contribution in [0.4, 0.5) is 0 Å². The Kier molecular flexibility index (Phi) is 5.05. The maximum Gasteiger partial charge on any atom is 0.274 e. The molecule has 1 aliphatic heterocycles. The predicted octanol–water partition coefficient (Wildman–Crippen LogP) is 3.90. The van der Waals surface area contributed by atoms with Crippen molar-refractivity contribution in [2.75, 3.05) is 6.79 Å². The van der Waals surface area contributed by atoms with Gasteiger partial charge in [0.25, 0.3) is 5.89 Å². The van der Waals surface area contributed by atoms with Crippen LogP contribution in [-0.4, -0.2) is 27.4 Å². The molecule has 0 saturated carbocycles. The maximum absolute atomic E-state index is 12.5. The van der Waals surface area contributed by atoms with Crippen LogP contribution < -0.4 is 14.8 Å². The number of nitrogens with one attached hydrogen (secondary N) is 1. The molecule has 0 radical (unpaired) electrons. The van der Waals surface area contributed by atoms with E-state index in [2.05, 4.69) is 15.5 Å². The van der Waals surface area contributed by atoms with Crippen molar-refractivity contribution in [3.05, 3.63) is 71.4 Å². The number of carbonyl (C=O) groups excluding carboxylic acids is 1. The zero-order chi connectivity index (χ0) is 21.2. The number of amides is 1. The van der Waals surface area contributed by atoms with E-state index in [1.54, 1.807) is 22.9 Å². The molecule has 0 fully saturated rings. The average molecular weight is 437 g/mol. The Bertz CT molecular complexity index is 1250. The summed E-state index contributed by atoms with van der Waals surface area (Å²) < 4.78 is 17.8. The Morgan fingerprint density at radius 3 is 2.90 bits per heavy atom. The summed E-state index contributed by atoms with van der Waals surface area (Å²) in [4.78, 5) is 16.9. The number of fused-ring (bicyclic) bond motifs is 1. The third-order valence-electron chi connectivity index (χ3n) is 4.80. The smallest absolute Gasteiger partial charge is 0.274 e. The van der Waals surface area contributed by atoms with Gasteiger partial charge in [-0.3, -0.25) is 4.79 Å². The van der Waals surface area contributed by atoms with Crippen LogP contribution in [0, 0.1) is 0 Å². The highest BCUT2D eigenvalue weighted by atomic mass is 35.5. The lowest BCUT2D eigenvalue weighted by atomic mass is 10.2. The van der Waals surface area contributed by atoms with Crippen molar-refractivity contribution in [2.24, 2.45) is 0 Å². The number of benzene rings is 2. The van der Waals surface area contributed by atoms with Crippen molar-refractivity contribution in [3.8, 4) is 34.5 Å². The summed E-state index contributed by atoms with van der Waals surface area (Å²) in [6, 6.07) is 16.4. The van der Waals surface area contributed by atoms with Gasteiger partial charge in [0.05, 0.1) is 0 Å². The van der Waals surface area contributed by atoms with E-state index in [0.717, 1.165) is 11.1 Å². The van der Waals surface area contributed by atoms with Crippen molar-refractivity contribution in [2.45, 2.75) is 13.1 Å². The van der Waals surface area contributed by atoms with Gasteiger partial charge in [0.2, 0.25) is 18.5 Å². The fraction of sp³-hybridized carbons (Fsp3) is 0.136. The van der Waals surface area contributed by atoms with E-state index in [1.807, 2.05) is 42.5 Å². The van der Waals surface area contributed by atoms with E-state index >= 15 is 0 Å². The maximum atomic E-state index is 12.5. The van der Waals surface area contributed by atoms with Crippen molar-refractivity contribution < 1.29 is 18.8 Å². The molecule has 156 valence electrons. The van der Waals surface area contributed by atoms with Crippen LogP contribution in [-0.2, 0) is 17.9 Å². The van der Waals surface area contributed by atoms with Gasteiger partial charge in [-0.15, -0.1) is 0 Å². The molecule has 0 bridgehead atoms. The van der Waals surface area contributed by atoms with Crippen molar-refractivity contribution in [3.63, 3.8) is 0 Å². The molecule has 5 rings (SSSR count). The van der Waals surface area contributed by atoms with Crippen molar-refractivity contribution in [1.29, 1.82) is 0 Å². The van der Waals surface area contributed by atoms with Gasteiger partial charge >= 0.3 is 0 Å². The number of halogens is 1. The molecule has 0 saturated heterocycles. The summed E-state index contributed by atoms with van der Waals surface area (Å²) >= 11 is 6.04. The zero-order valence-electron chi connectivity index (χ0n) is 16.2. The third-order valence-corrected chi connectivity index (χ3v) is 5.03. The first-order valence-corrected chi connectivity index (χ1v) is 9.94. The molecule has 0 aliphatic carbocycles. The summed E-state index contributed by atoms with van der Waals surface area (Å²) in [5.41, 5.74) is 2.33. The number of aromatic nitrogens is 3. The molecule has 31 heavy (non-hydrogen) atoms. The van der Waals surface area contributed by atoms with E-state index < -0.39 is 0 Å². The first-order chi connectivity index (χ1) is 15.2. The first-order valence-electron chi connectivity index (χ1n) is 9.56. The quantitative estimate of drug-likeness (QED) is 0.493. The summed E-state index contributed by atoms with van der Waals surface area (Å²) in [6.45, 7) is 0.712. The normalized spacial score (nSPS) is 12.2. The molecule has 0 unspecified atom stereocenters. The monoisotopic (exact) mass is 436 g/mol. The minimum atomic E-state index is -0.148. The number of carbonyl (C=O) groups is 1. The van der Waals surface area contributed by atoms with Crippen LogP contribution in [0.1, 0.15) is 5.56 Å². The Balaban J connectivity index is 1.26. The summed E-state index contributed by atoms with van der Waals surface area (Å²) in [5.74, 6) is 2.00. The standard InChI is InChI=1S/C22H17ClN4O4/c23-16-4-1-3-15(10-16)21-25-22(31-26-21)17-5-2-8-27(17)12-20(28)24-11-14-6-7-18-19(9-14)30-13-29-18/h1-10H,11-13H2,(H,24,28). The first kappa shape index (κ1) is 19.2. The minimum Gasteiger partial charge on any atom is -0.454 e. The number of hydrogen-bond acceptors (Lipinski definition) is 6. The molecule has 9 heteroatoms. The average Bonchev–Trinajstić information content (AvgIpc) is 3.52. The molecule has 1 amide bonds. The molecule has 2 aromatic heterocycles. The Morgan fingerprint density at radius 2 is 2.00 bits per heavy atom. The minimum absolute atomic E-state index is 0.113. The zero-order valence-corrected chi connectivity index (χ0v) is 17.0. The molecule has 3 heterocycles. The van der Waals surface area contributed by atoms with Crippen molar-refractivity contribution >= 4 is 17.5 Å². The predicted molar refractivity (Wildman–Crippen MR) is 113 cm³/mol. The van der Waals surface area contributed by atoms with Gasteiger partial charge in [-0.2, -0.15) is 4.98 Å². The van der Waals surface area contributed by atoms with Crippen LogP contribution in [0.2, 0.25) is 5.02 Å². The van der Waals surface area contributed by atoms with Crippen molar-refractivity contribution in [1.82, 2.24) is 20.0 Å². The second kappa shape index (κ2) is 8.16. The van der Waals surface area contributed by atoms with Gasteiger partial charge < -0.3 is 23.9 Å². The Morgan fingerprint density at radius 1 is 1.10 bits per heavy atom. The van der Waals surface area contributed by atoms with Gasteiger partial charge in [-0.25, -0.2) is 0 Å². The van der Waals surface area contributed by atoms with E-state index in [-0.39, 0.29) is 19.2 Å². The van der Waals surface area contributed by atoms with E-state index in [0.29, 0.717) is 40.5 Å². The van der Waals surface area contributed by atoms with E-state index in [4.69, 9.17) is 25.6 Å². The molecular weight excluding hydrogens is 420 g/mol. The highest BCUT2D eigenvalue weighted by Crippen LogP contribution is 2.32. The Labute approximate surface area is 182 Å². The number of rotatable bonds is 6. The lowest BCUT2D eigenvalue weighted by molar-refractivity contribution is -0.121. The number of ether oxygens (including phenoxy) is 2. The SMILES string of the molecule is O=C(Cn1cccc1-c1nc(-c2cccc(Cl)c2)no1)NCc1ccc2c(c1)OCO2. The molecule has 0 spiro atoms. The molecular formula is C22H17ClN4O4. The second-order valence-electron chi connectivity index (χ2n) is 6.92. The van der Waals surface area contributed by atoms with Crippen LogP contribution in [0.15, 0.2) is 65.3 Å². The van der Waals surface area contributed by atoms with Gasteiger partial charge in [0.1, 0.15) is 12.2 Å². The van der Waals surface area contributed by atoms with Gasteiger partial charge in [-0.05, 0) is 42.0 Å². The van der Waals surface area contributed by atoms with Gasteiger partial charge in [0.15, 0.2) is 11.5 Å². The van der Waals surface area contributed by atoms with Crippen LogP contribution in [0.25, 0.3) is 23.0 Å². The van der Waals surface area contributed by atoms with E-state index in [9.17, 15) is 4.79 Å². The summed E-state index contributed by atoms with van der Waals surface area (Å²) in [7, 11) is 0. The number of hydrogen-bond donors (Lipinski definition) is 1. The largest absolute Gasteiger partial charge is 0.454 e.